The van der Waals surface area contributed by atoms with Gasteiger partial charge in [-0.1, -0.05) is 6.08 Å². The van der Waals surface area contributed by atoms with Gasteiger partial charge in [-0.2, -0.15) is 9.97 Å². The van der Waals surface area contributed by atoms with Crippen LogP contribution >= 0.6 is 0 Å². The summed E-state index contributed by atoms with van der Waals surface area (Å²) in [6.07, 6.45) is 9.30. The molecule has 0 fully saturated rings. The van der Waals surface area contributed by atoms with Crippen LogP contribution in [0.25, 0.3) is 11.2 Å². The molecule has 2 rings (SSSR count). The number of likely N-dealkylation sites (N-methyl/N-ethyl adjacent to an activating group) is 1. The van der Waals surface area contributed by atoms with Crippen molar-refractivity contribution >= 4 is 29.1 Å². The summed E-state index contributed by atoms with van der Waals surface area (Å²) < 4.78 is 1.91. The molecule has 0 aliphatic heterocycles. The lowest BCUT2D eigenvalue weighted by Gasteiger charge is -2.12. The van der Waals surface area contributed by atoms with E-state index in [1.165, 1.54) is 0 Å². The first kappa shape index (κ1) is 15.7. The van der Waals surface area contributed by atoms with Crippen molar-refractivity contribution in [3.8, 4) is 0 Å². The molecule has 0 radical (unpaired) electrons. The van der Waals surface area contributed by atoms with Crippen LogP contribution < -0.4 is 5.73 Å². The van der Waals surface area contributed by atoms with Gasteiger partial charge in [0, 0.05) is 32.6 Å². The average molecular weight is 299 g/mol. The van der Waals surface area contributed by atoms with Crippen LogP contribution in [0.1, 0.15) is 13.8 Å². The van der Waals surface area contributed by atoms with E-state index in [1.54, 1.807) is 12.5 Å². The van der Waals surface area contributed by atoms with E-state index in [4.69, 9.17) is 5.73 Å². The molecule has 116 valence electrons. The zero-order valence-electron chi connectivity index (χ0n) is 13.4. The van der Waals surface area contributed by atoms with Gasteiger partial charge < -0.3 is 15.2 Å². The molecule has 0 aromatic carbocycles. The Kier molecular flexibility index (Phi) is 4.88. The highest BCUT2D eigenvalue weighted by Gasteiger charge is 2.10. The van der Waals surface area contributed by atoms with Gasteiger partial charge in [0.25, 0.3) is 0 Å². The number of anilines is 1. The third-order valence-corrected chi connectivity index (χ3v) is 3.10. The molecule has 2 heterocycles. The minimum atomic E-state index is 0.195. The van der Waals surface area contributed by atoms with Crippen LogP contribution in [0, 0.1) is 0 Å². The molecule has 0 atom stereocenters. The fraction of sp³-hybridized carbons (Fsp3) is 0.333. The first-order valence-electron chi connectivity index (χ1n) is 7.09. The van der Waals surface area contributed by atoms with E-state index in [9.17, 15) is 0 Å². The number of fused-ring (bicyclic) bond motifs is 1. The maximum atomic E-state index is 5.76. The molecule has 22 heavy (non-hydrogen) atoms. The van der Waals surface area contributed by atoms with Gasteiger partial charge in [-0.15, -0.1) is 0 Å². The highest BCUT2D eigenvalue weighted by Crippen LogP contribution is 2.21. The fourth-order valence-corrected chi connectivity index (χ4v) is 1.98. The smallest absolute Gasteiger partial charge is 0.224 e. The number of allylic oxidation sites excluding steroid dienone is 3. The minimum Gasteiger partial charge on any atom is -0.378 e. The summed E-state index contributed by atoms with van der Waals surface area (Å²) in [5.41, 5.74) is 8.15. The summed E-state index contributed by atoms with van der Waals surface area (Å²) in [4.78, 5) is 19.1. The van der Waals surface area contributed by atoms with Crippen LogP contribution in [0.5, 0.6) is 0 Å². The summed E-state index contributed by atoms with van der Waals surface area (Å²) in [6.45, 7) is 4.76. The van der Waals surface area contributed by atoms with Gasteiger partial charge in [0.15, 0.2) is 17.0 Å². The van der Waals surface area contributed by atoms with E-state index in [0.29, 0.717) is 17.0 Å². The van der Waals surface area contributed by atoms with Crippen molar-refractivity contribution in [3.63, 3.8) is 0 Å². The molecule has 0 aliphatic rings. The van der Waals surface area contributed by atoms with Gasteiger partial charge >= 0.3 is 0 Å². The topological polar surface area (TPSA) is 85.2 Å². The Morgan fingerprint density at radius 1 is 1.41 bits per heavy atom. The Balaban J connectivity index is 2.41. The van der Waals surface area contributed by atoms with Crippen molar-refractivity contribution in [1.29, 1.82) is 0 Å². The molecule has 0 bridgehead atoms. The van der Waals surface area contributed by atoms with Crippen molar-refractivity contribution in [2.75, 3.05) is 19.8 Å². The lowest BCUT2D eigenvalue weighted by atomic mass is 10.3. The summed E-state index contributed by atoms with van der Waals surface area (Å²) >= 11 is 0. The molecule has 2 N–H and O–H groups in total. The number of nitrogens with zero attached hydrogens (tertiary/aromatic N) is 6. The number of imidazole rings is 1. The molecule has 0 amide bonds. The first-order valence-corrected chi connectivity index (χ1v) is 7.09. The summed E-state index contributed by atoms with van der Waals surface area (Å²) in [5.74, 6) is 0.671. The molecule has 7 nitrogen and oxygen atoms in total. The quantitative estimate of drug-likeness (QED) is 0.675. The molecule has 0 aliphatic carbocycles. The van der Waals surface area contributed by atoms with Gasteiger partial charge in [-0.05, 0) is 26.0 Å². The predicted octanol–water partition coefficient (Wildman–Crippen LogP) is 2.15. The van der Waals surface area contributed by atoms with Crippen LogP contribution in [0.15, 0.2) is 35.2 Å². The third-order valence-electron chi connectivity index (χ3n) is 3.10. The summed E-state index contributed by atoms with van der Waals surface area (Å²) in [6, 6.07) is 0. The average Bonchev–Trinajstić information content (AvgIpc) is 2.88. The lowest BCUT2D eigenvalue weighted by Crippen LogP contribution is -2.09. The fourth-order valence-electron chi connectivity index (χ4n) is 1.98. The number of rotatable bonds is 5. The minimum absolute atomic E-state index is 0.195. The van der Waals surface area contributed by atoms with Gasteiger partial charge in [0.05, 0.1) is 6.33 Å². The van der Waals surface area contributed by atoms with Crippen LogP contribution in [-0.2, 0) is 6.54 Å². The van der Waals surface area contributed by atoms with E-state index >= 15 is 0 Å². The number of hydrogen-bond donors (Lipinski definition) is 1. The molecular weight excluding hydrogens is 278 g/mol. The van der Waals surface area contributed by atoms with Gasteiger partial charge in [0.1, 0.15) is 0 Å². The van der Waals surface area contributed by atoms with Gasteiger partial charge in [0.2, 0.25) is 5.95 Å². The number of nitrogens with two attached hydrogens (primary N) is 1. The molecule has 0 saturated heterocycles. The Hall–Kier alpha value is -2.70. The lowest BCUT2D eigenvalue weighted by molar-refractivity contribution is 0.531. The maximum absolute atomic E-state index is 5.76. The largest absolute Gasteiger partial charge is 0.378 e. The number of nitrogen functional groups attached to an aromatic ring is 1. The zero-order chi connectivity index (χ0) is 16.1. The van der Waals surface area contributed by atoms with Crippen molar-refractivity contribution < 1.29 is 0 Å². The van der Waals surface area contributed by atoms with E-state index in [-0.39, 0.29) is 5.95 Å². The molecular formula is C15H21N7. The van der Waals surface area contributed by atoms with Crippen LogP contribution in [0.3, 0.4) is 0 Å². The Labute approximate surface area is 129 Å². The Morgan fingerprint density at radius 3 is 2.82 bits per heavy atom. The monoisotopic (exact) mass is 299 g/mol. The highest BCUT2D eigenvalue weighted by atomic mass is 15.2. The normalized spacial score (nSPS) is 12.8. The van der Waals surface area contributed by atoms with Crippen molar-refractivity contribution in [1.82, 2.24) is 24.4 Å². The number of aromatic nitrogens is 4. The number of aliphatic imine (C=N–C) groups is 1. The van der Waals surface area contributed by atoms with Crippen LogP contribution in [0.2, 0.25) is 0 Å². The highest BCUT2D eigenvalue weighted by molar-refractivity contribution is 5.86. The molecule has 0 saturated carbocycles. The van der Waals surface area contributed by atoms with Crippen molar-refractivity contribution in [3.05, 3.63) is 30.3 Å². The molecule has 2 aromatic rings. The Morgan fingerprint density at radius 2 is 2.18 bits per heavy atom. The van der Waals surface area contributed by atoms with Crippen LogP contribution in [0.4, 0.5) is 11.8 Å². The van der Waals surface area contributed by atoms with Gasteiger partial charge in [-0.3, -0.25) is 0 Å². The van der Waals surface area contributed by atoms with E-state index in [2.05, 4.69) is 19.9 Å². The summed E-state index contributed by atoms with van der Waals surface area (Å²) in [7, 11) is 3.95. The van der Waals surface area contributed by atoms with E-state index in [0.717, 1.165) is 12.2 Å². The SMILES string of the molecule is C\C=C/C(=C\C=N\c1nc(N)nc2c1ncn2CC)N(C)C. The summed E-state index contributed by atoms with van der Waals surface area (Å²) in [5, 5.41) is 0. The standard InChI is InChI=1S/C15H21N7/c1-5-7-11(21(3)4)8-9-17-13-12-14(20-15(16)19-13)22(6-2)10-18-12/h5,7-10H,6H2,1-4H3,(H2,16,19,20)/b7-5-,11-8+,17-9+. The first-order chi connectivity index (χ1) is 10.6. The van der Waals surface area contributed by atoms with E-state index < -0.39 is 0 Å². The van der Waals surface area contributed by atoms with Crippen molar-refractivity contribution in [2.45, 2.75) is 20.4 Å². The maximum Gasteiger partial charge on any atom is 0.224 e. The van der Waals surface area contributed by atoms with E-state index in [1.807, 2.05) is 55.6 Å². The third kappa shape index (κ3) is 3.30. The molecule has 7 heteroatoms. The zero-order valence-corrected chi connectivity index (χ0v) is 13.4. The predicted molar refractivity (Wildman–Crippen MR) is 90.1 cm³/mol. The molecule has 2 aromatic heterocycles. The van der Waals surface area contributed by atoms with Crippen molar-refractivity contribution in [2.24, 2.45) is 4.99 Å². The Bertz CT molecular complexity index is 738. The molecule has 0 spiro atoms. The number of aryl methyl sites for hydroxylation is 1. The van der Waals surface area contributed by atoms with Crippen LogP contribution in [-0.4, -0.2) is 44.7 Å². The second kappa shape index (κ2) is 6.84. The second-order valence-electron chi connectivity index (χ2n) is 4.87. The molecule has 0 unspecified atom stereocenters. The second-order valence-corrected chi connectivity index (χ2v) is 4.87. The van der Waals surface area contributed by atoms with Gasteiger partial charge in [-0.25, -0.2) is 9.98 Å². The number of hydrogen-bond acceptors (Lipinski definition) is 6.